The van der Waals surface area contributed by atoms with Crippen molar-refractivity contribution in [1.29, 1.82) is 0 Å². The molecule has 20 heavy (non-hydrogen) atoms. The summed E-state index contributed by atoms with van der Waals surface area (Å²) >= 11 is 0. The topological polar surface area (TPSA) is 15.3 Å². The summed E-state index contributed by atoms with van der Waals surface area (Å²) in [4.78, 5) is 2.72. The average molecular weight is 283 g/mol. The lowest BCUT2D eigenvalue weighted by Crippen LogP contribution is -2.63. The minimum Gasteiger partial charge on any atom is -0.315 e. The van der Waals surface area contributed by atoms with Gasteiger partial charge in [0.2, 0.25) is 0 Å². The van der Waals surface area contributed by atoms with Crippen LogP contribution in [0.2, 0.25) is 0 Å². The highest BCUT2D eigenvalue weighted by Crippen LogP contribution is 2.39. The van der Waals surface area contributed by atoms with E-state index in [0.29, 0.717) is 11.6 Å². The summed E-state index contributed by atoms with van der Waals surface area (Å²) in [6, 6.07) is 0.639. The van der Waals surface area contributed by atoms with E-state index in [4.69, 9.17) is 0 Å². The highest BCUT2D eigenvalue weighted by molar-refractivity contribution is 5.02. The van der Waals surface area contributed by atoms with Gasteiger partial charge in [-0.15, -0.1) is 0 Å². The molecule has 3 unspecified atom stereocenters. The van der Waals surface area contributed by atoms with Crippen molar-refractivity contribution < 1.29 is 0 Å². The van der Waals surface area contributed by atoms with Gasteiger partial charge in [-0.05, 0) is 57.7 Å². The molecule has 1 fully saturated rings. The number of likely N-dealkylation sites (N-methyl/N-ethyl adjacent to an activating group) is 2. The maximum Gasteiger partial charge on any atom is 0.0359 e. The Morgan fingerprint density at radius 1 is 1.10 bits per heavy atom. The van der Waals surface area contributed by atoms with Crippen LogP contribution >= 0.6 is 0 Å². The molecule has 120 valence electrons. The summed E-state index contributed by atoms with van der Waals surface area (Å²) < 4.78 is 0. The third-order valence-electron chi connectivity index (χ3n) is 5.96. The van der Waals surface area contributed by atoms with Crippen molar-refractivity contribution in [2.45, 2.75) is 84.7 Å². The van der Waals surface area contributed by atoms with Crippen LogP contribution in [0.15, 0.2) is 0 Å². The smallest absolute Gasteiger partial charge is 0.0359 e. The Balaban J connectivity index is 3.01. The number of nitrogens with zero attached hydrogens (tertiary/aromatic N) is 1. The van der Waals surface area contributed by atoms with Crippen molar-refractivity contribution >= 4 is 0 Å². The van der Waals surface area contributed by atoms with Crippen LogP contribution < -0.4 is 5.32 Å². The zero-order valence-corrected chi connectivity index (χ0v) is 14.8. The van der Waals surface area contributed by atoms with E-state index in [1.165, 1.54) is 51.6 Å². The molecule has 1 N–H and O–H groups in total. The molecule has 1 aliphatic rings. The molecule has 0 heterocycles. The fraction of sp³-hybridized carbons (Fsp3) is 1.00. The van der Waals surface area contributed by atoms with Gasteiger partial charge in [0.15, 0.2) is 0 Å². The Bertz CT molecular complexity index is 256. The van der Waals surface area contributed by atoms with Gasteiger partial charge in [0.1, 0.15) is 0 Å². The van der Waals surface area contributed by atoms with Gasteiger partial charge < -0.3 is 5.32 Å². The van der Waals surface area contributed by atoms with Crippen molar-refractivity contribution in [3.8, 4) is 0 Å². The van der Waals surface area contributed by atoms with E-state index < -0.39 is 0 Å². The lowest BCUT2D eigenvalue weighted by molar-refractivity contribution is 0.0171. The summed E-state index contributed by atoms with van der Waals surface area (Å²) in [6.07, 6.45) is 8.19. The first-order chi connectivity index (χ1) is 9.59. The predicted molar refractivity (Wildman–Crippen MR) is 90.2 cm³/mol. The van der Waals surface area contributed by atoms with Gasteiger partial charge in [0.25, 0.3) is 0 Å². The fourth-order valence-corrected chi connectivity index (χ4v) is 4.91. The van der Waals surface area contributed by atoms with Gasteiger partial charge in [0.05, 0.1) is 0 Å². The van der Waals surface area contributed by atoms with Gasteiger partial charge in [-0.3, -0.25) is 4.90 Å². The molecule has 1 saturated carbocycles. The molecule has 2 nitrogen and oxygen atoms in total. The third-order valence-corrected chi connectivity index (χ3v) is 5.96. The first-order valence-corrected chi connectivity index (χ1v) is 9.01. The van der Waals surface area contributed by atoms with Crippen LogP contribution in [-0.4, -0.2) is 36.6 Å². The molecule has 0 bridgehead atoms. The first-order valence-electron chi connectivity index (χ1n) is 9.01. The van der Waals surface area contributed by atoms with E-state index in [-0.39, 0.29) is 0 Å². The van der Waals surface area contributed by atoms with Gasteiger partial charge in [-0.25, -0.2) is 0 Å². The molecule has 2 heteroatoms. The second kappa shape index (κ2) is 8.38. The molecule has 0 amide bonds. The summed E-state index contributed by atoms with van der Waals surface area (Å²) in [7, 11) is 2.19. The van der Waals surface area contributed by atoms with Crippen molar-refractivity contribution in [2.75, 3.05) is 20.1 Å². The number of rotatable bonds is 8. The van der Waals surface area contributed by atoms with Crippen LogP contribution in [0.1, 0.15) is 73.1 Å². The van der Waals surface area contributed by atoms with Gasteiger partial charge in [-0.1, -0.05) is 47.5 Å². The van der Waals surface area contributed by atoms with Crippen LogP contribution in [-0.2, 0) is 0 Å². The van der Waals surface area contributed by atoms with E-state index in [1.54, 1.807) is 0 Å². The molecule has 1 rings (SSSR count). The van der Waals surface area contributed by atoms with Crippen LogP contribution in [0.25, 0.3) is 0 Å². The normalized spacial score (nSPS) is 25.9. The largest absolute Gasteiger partial charge is 0.315 e. The fourth-order valence-electron chi connectivity index (χ4n) is 4.91. The quantitative estimate of drug-likeness (QED) is 0.714. The van der Waals surface area contributed by atoms with Crippen molar-refractivity contribution in [1.82, 2.24) is 10.2 Å². The van der Waals surface area contributed by atoms with Crippen molar-refractivity contribution in [3.05, 3.63) is 0 Å². The lowest BCUT2D eigenvalue weighted by Gasteiger charge is -2.51. The molecule has 0 aromatic heterocycles. The molecular formula is C18H38N2. The molecule has 0 aromatic carbocycles. The van der Waals surface area contributed by atoms with Crippen molar-refractivity contribution in [3.63, 3.8) is 0 Å². The highest BCUT2D eigenvalue weighted by atomic mass is 15.2. The molecule has 0 spiro atoms. The van der Waals surface area contributed by atoms with Crippen LogP contribution in [0.3, 0.4) is 0 Å². The molecular weight excluding hydrogens is 244 g/mol. The maximum absolute atomic E-state index is 3.74. The summed E-state index contributed by atoms with van der Waals surface area (Å²) in [5.41, 5.74) is 0.333. The standard InChI is InChI=1S/C18H38N2/c1-7-18(8-2,20(9-3)10-4)17(19-6)16-13-11-12-15(5)14-16/h15-17,19H,7-14H2,1-6H3. The lowest BCUT2D eigenvalue weighted by atomic mass is 9.69. The Morgan fingerprint density at radius 2 is 1.70 bits per heavy atom. The first kappa shape index (κ1) is 18.0. The molecule has 1 aliphatic carbocycles. The Labute approximate surface area is 127 Å². The second-order valence-corrected chi connectivity index (χ2v) is 6.78. The van der Waals surface area contributed by atoms with Crippen molar-refractivity contribution in [2.24, 2.45) is 11.8 Å². The van der Waals surface area contributed by atoms with E-state index in [2.05, 4.69) is 51.9 Å². The van der Waals surface area contributed by atoms with Gasteiger partial charge >= 0.3 is 0 Å². The number of hydrogen-bond acceptors (Lipinski definition) is 2. The minimum atomic E-state index is 0.333. The summed E-state index contributed by atoms with van der Waals surface area (Å²) in [5, 5.41) is 3.74. The zero-order valence-electron chi connectivity index (χ0n) is 14.8. The predicted octanol–water partition coefficient (Wildman–Crippen LogP) is 4.30. The molecule has 0 saturated heterocycles. The van der Waals surface area contributed by atoms with Crippen LogP contribution in [0, 0.1) is 11.8 Å². The molecule has 0 aromatic rings. The number of nitrogens with one attached hydrogen (secondary N) is 1. The highest BCUT2D eigenvalue weighted by Gasteiger charge is 2.43. The van der Waals surface area contributed by atoms with E-state index in [1.807, 2.05) is 0 Å². The second-order valence-electron chi connectivity index (χ2n) is 6.78. The SMILES string of the molecule is CCN(CC)C(CC)(CC)C(NC)C1CCCC(C)C1. The summed E-state index contributed by atoms with van der Waals surface area (Å²) in [5.74, 6) is 1.76. The summed E-state index contributed by atoms with van der Waals surface area (Å²) in [6.45, 7) is 14.2. The van der Waals surface area contributed by atoms with E-state index in [9.17, 15) is 0 Å². The van der Waals surface area contributed by atoms with Gasteiger partial charge in [0, 0.05) is 11.6 Å². The Hall–Kier alpha value is -0.0800. The molecule has 0 radical (unpaired) electrons. The maximum atomic E-state index is 3.74. The molecule has 3 atom stereocenters. The van der Waals surface area contributed by atoms with Crippen LogP contribution in [0.4, 0.5) is 0 Å². The van der Waals surface area contributed by atoms with E-state index in [0.717, 1.165) is 11.8 Å². The third kappa shape index (κ3) is 3.57. The molecule has 0 aliphatic heterocycles. The monoisotopic (exact) mass is 282 g/mol. The Morgan fingerprint density at radius 3 is 2.10 bits per heavy atom. The van der Waals surface area contributed by atoms with Crippen LogP contribution in [0.5, 0.6) is 0 Å². The van der Waals surface area contributed by atoms with E-state index >= 15 is 0 Å². The van der Waals surface area contributed by atoms with Gasteiger partial charge in [-0.2, -0.15) is 0 Å². The minimum absolute atomic E-state index is 0.333. The number of hydrogen-bond donors (Lipinski definition) is 1. The zero-order chi connectivity index (χ0) is 15.2. The Kier molecular flexibility index (Phi) is 7.53. The average Bonchev–Trinajstić information content (AvgIpc) is 2.47.